The molecule has 5 nitrogen and oxygen atoms in total. The van der Waals surface area contributed by atoms with Gasteiger partial charge in [-0.25, -0.2) is 13.6 Å². The molecule has 0 unspecified atom stereocenters. The Kier molecular flexibility index (Phi) is 5.57. The molecule has 7 heteroatoms. The molecule has 0 atom stereocenters. The number of nitrogens with zero attached hydrogens (tertiary/aromatic N) is 1. The summed E-state index contributed by atoms with van der Waals surface area (Å²) in [6.07, 6.45) is 0. The fourth-order valence-corrected chi connectivity index (χ4v) is 3.44. The van der Waals surface area contributed by atoms with Gasteiger partial charge in [0.15, 0.2) is 0 Å². The van der Waals surface area contributed by atoms with Crippen LogP contribution in [0.15, 0.2) is 40.6 Å². The number of ether oxygens (including phenoxy) is 1. The van der Waals surface area contributed by atoms with Gasteiger partial charge in [0, 0.05) is 18.0 Å². The van der Waals surface area contributed by atoms with Crippen molar-refractivity contribution >= 4 is 21.4 Å². The number of hydrogen-bond donors (Lipinski definition) is 1. The van der Waals surface area contributed by atoms with E-state index in [1.54, 1.807) is 23.5 Å². The molecule has 0 radical (unpaired) electrons. The van der Waals surface area contributed by atoms with Crippen LogP contribution in [0.25, 0.3) is 0 Å². The van der Waals surface area contributed by atoms with Gasteiger partial charge in [-0.2, -0.15) is 0 Å². The first kappa shape index (κ1) is 17.0. The van der Waals surface area contributed by atoms with Crippen LogP contribution in [-0.4, -0.2) is 33.5 Å². The number of rotatable bonds is 7. The summed E-state index contributed by atoms with van der Waals surface area (Å²) in [6.45, 7) is 4.34. The van der Waals surface area contributed by atoms with E-state index in [1.807, 2.05) is 7.05 Å². The van der Waals surface area contributed by atoms with E-state index in [2.05, 4.69) is 23.3 Å². The second-order valence-electron chi connectivity index (χ2n) is 5.13. The highest BCUT2D eigenvalue weighted by Crippen LogP contribution is 2.17. The van der Waals surface area contributed by atoms with Crippen LogP contribution in [0.1, 0.15) is 10.4 Å². The number of aryl methyl sites for hydroxylation is 1. The van der Waals surface area contributed by atoms with Crippen LogP contribution in [0, 0.1) is 6.92 Å². The topological polar surface area (TPSA) is 72.6 Å². The molecule has 0 spiro atoms. The maximum Gasteiger partial charge on any atom is 0.238 e. The molecule has 0 saturated carbocycles. The lowest BCUT2D eigenvalue weighted by atomic mass is 10.3. The van der Waals surface area contributed by atoms with Crippen molar-refractivity contribution in [3.05, 3.63) is 46.2 Å². The third-order valence-corrected chi connectivity index (χ3v) is 5.21. The van der Waals surface area contributed by atoms with Crippen molar-refractivity contribution in [1.82, 2.24) is 4.90 Å². The van der Waals surface area contributed by atoms with Gasteiger partial charge in [-0.05, 0) is 55.2 Å². The number of nitrogens with two attached hydrogens (primary N) is 1. The number of likely N-dealkylation sites (N-methyl/N-ethyl adjacent to an activating group) is 1. The molecule has 0 aliphatic rings. The molecular weight excluding hydrogens is 320 g/mol. The third kappa shape index (κ3) is 4.81. The van der Waals surface area contributed by atoms with Crippen molar-refractivity contribution in [2.75, 3.05) is 20.2 Å². The monoisotopic (exact) mass is 340 g/mol. The summed E-state index contributed by atoms with van der Waals surface area (Å²) in [4.78, 5) is 3.64. The normalized spacial score (nSPS) is 11.8. The standard InChI is InChI=1S/C15H20N2O3S2/c1-12-7-10-21-15(12)11-17(2)8-9-20-13-3-5-14(6-4-13)22(16,18)19/h3-7,10H,8-9,11H2,1-2H3,(H2,16,18,19). The summed E-state index contributed by atoms with van der Waals surface area (Å²) in [7, 11) is -1.60. The quantitative estimate of drug-likeness (QED) is 0.839. The van der Waals surface area contributed by atoms with Gasteiger partial charge in [-0.15, -0.1) is 11.3 Å². The Balaban J connectivity index is 1.80. The molecule has 2 aromatic rings. The predicted molar refractivity (Wildman–Crippen MR) is 88.7 cm³/mol. The summed E-state index contributed by atoms with van der Waals surface area (Å²) in [5.41, 5.74) is 1.32. The van der Waals surface area contributed by atoms with Gasteiger partial charge in [0.25, 0.3) is 0 Å². The van der Waals surface area contributed by atoms with E-state index in [9.17, 15) is 8.42 Å². The highest BCUT2D eigenvalue weighted by Gasteiger charge is 2.08. The Morgan fingerprint density at radius 1 is 1.23 bits per heavy atom. The largest absolute Gasteiger partial charge is 0.492 e. The highest BCUT2D eigenvalue weighted by molar-refractivity contribution is 7.89. The van der Waals surface area contributed by atoms with E-state index in [0.717, 1.165) is 13.1 Å². The number of sulfonamides is 1. The van der Waals surface area contributed by atoms with Crippen molar-refractivity contribution < 1.29 is 13.2 Å². The molecular formula is C15H20N2O3S2. The Morgan fingerprint density at radius 2 is 1.91 bits per heavy atom. The van der Waals surface area contributed by atoms with Crippen molar-refractivity contribution in [2.24, 2.45) is 5.14 Å². The fraction of sp³-hybridized carbons (Fsp3) is 0.333. The maximum atomic E-state index is 11.2. The maximum absolute atomic E-state index is 11.2. The Hall–Kier alpha value is -1.41. The molecule has 22 heavy (non-hydrogen) atoms. The van der Waals surface area contributed by atoms with Crippen molar-refractivity contribution in [2.45, 2.75) is 18.4 Å². The van der Waals surface area contributed by atoms with E-state index in [-0.39, 0.29) is 4.90 Å². The average Bonchev–Trinajstić information content (AvgIpc) is 2.84. The first-order chi connectivity index (χ1) is 10.4. The minimum atomic E-state index is -3.65. The molecule has 0 bridgehead atoms. The zero-order valence-electron chi connectivity index (χ0n) is 12.7. The minimum absolute atomic E-state index is 0.0881. The third-order valence-electron chi connectivity index (χ3n) is 3.28. The second kappa shape index (κ2) is 7.23. The van der Waals surface area contributed by atoms with Gasteiger partial charge < -0.3 is 4.74 Å². The smallest absolute Gasteiger partial charge is 0.238 e. The van der Waals surface area contributed by atoms with Gasteiger partial charge in [-0.3, -0.25) is 4.90 Å². The zero-order valence-corrected chi connectivity index (χ0v) is 14.3. The van der Waals surface area contributed by atoms with Crippen LogP contribution in [0.3, 0.4) is 0 Å². The van der Waals surface area contributed by atoms with E-state index in [4.69, 9.17) is 9.88 Å². The summed E-state index contributed by atoms with van der Waals surface area (Å²) in [5.74, 6) is 0.633. The van der Waals surface area contributed by atoms with Gasteiger partial charge in [0.2, 0.25) is 10.0 Å². The first-order valence-electron chi connectivity index (χ1n) is 6.83. The van der Waals surface area contributed by atoms with Crippen LogP contribution < -0.4 is 9.88 Å². The van der Waals surface area contributed by atoms with Gasteiger partial charge >= 0.3 is 0 Å². The Bertz CT molecular complexity index is 709. The molecule has 2 N–H and O–H groups in total. The molecule has 0 saturated heterocycles. The number of primary sulfonamides is 1. The van der Waals surface area contributed by atoms with Crippen LogP contribution in [0.5, 0.6) is 5.75 Å². The van der Waals surface area contributed by atoms with Crippen molar-refractivity contribution in [1.29, 1.82) is 0 Å². The predicted octanol–water partition coefficient (Wildman–Crippen LogP) is 2.21. The molecule has 0 aliphatic heterocycles. The number of benzene rings is 1. The van der Waals surface area contributed by atoms with Crippen molar-refractivity contribution in [3.8, 4) is 5.75 Å². The molecule has 120 valence electrons. The SMILES string of the molecule is Cc1ccsc1CN(C)CCOc1ccc(S(N)(=O)=O)cc1. The van der Waals surface area contributed by atoms with E-state index >= 15 is 0 Å². The molecule has 1 aromatic carbocycles. The number of thiophene rings is 1. The Labute approximate surface area is 135 Å². The molecule has 0 fully saturated rings. The minimum Gasteiger partial charge on any atom is -0.492 e. The van der Waals surface area contributed by atoms with Crippen LogP contribution in [0.2, 0.25) is 0 Å². The molecule has 1 aromatic heterocycles. The van der Waals surface area contributed by atoms with Gasteiger partial charge in [0.05, 0.1) is 4.90 Å². The highest BCUT2D eigenvalue weighted by atomic mass is 32.2. The lowest BCUT2D eigenvalue weighted by molar-refractivity contribution is 0.233. The van der Waals surface area contributed by atoms with Crippen LogP contribution in [0.4, 0.5) is 0 Å². The second-order valence-corrected chi connectivity index (χ2v) is 7.69. The van der Waals surface area contributed by atoms with E-state index in [1.165, 1.54) is 22.6 Å². The van der Waals surface area contributed by atoms with Gasteiger partial charge in [-0.1, -0.05) is 0 Å². The lowest BCUT2D eigenvalue weighted by Crippen LogP contribution is -2.23. The fourth-order valence-electron chi connectivity index (χ4n) is 1.94. The van der Waals surface area contributed by atoms with E-state index in [0.29, 0.717) is 12.4 Å². The molecule has 0 amide bonds. The van der Waals surface area contributed by atoms with Gasteiger partial charge in [0.1, 0.15) is 12.4 Å². The first-order valence-corrected chi connectivity index (χ1v) is 9.26. The summed E-state index contributed by atoms with van der Waals surface area (Å²) < 4.78 is 27.9. The molecule has 2 rings (SSSR count). The van der Waals surface area contributed by atoms with E-state index < -0.39 is 10.0 Å². The Morgan fingerprint density at radius 3 is 2.45 bits per heavy atom. The zero-order chi connectivity index (χ0) is 16.2. The summed E-state index contributed by atoms with van der Waals surface area (Å²) >= 11 is 1.76. The van der Waals surface area contributed by atoms with Crippen LogP contribution >= 0.6 is 11.3 Å². The van der Waals surface area contributed by atoms with Crippen molar-refractivity contribution in [3.63, 3.8) is 0 Å². The average molecular weight is 340 g/mol. The number of hydrogen-bond acceptors (Lipinski definition) is 5. The molecule has 0 aliphatic carbocycles. The molecule has 1 heterocycles. The summed E-state index contributed by atoms with van der Waals surface area (Å²) in [5, 5.41) is 7.15. The van der Waals surface area contributed by atoms with Crippen LogP contribution in [-0.2, 0) is 16.6 Å². The lowest BCUT2D eigenvalue weighted by Gasteiger charge is -2.16. The summed E-state index contributed by atoms with van der Waals surface area (Å²) in [6, 6.07) is 8.25.